The van der Waals surface area contributed by atoms with Gasteiger partial charge in [-0.05, 0) is 44.5 Å². The van der Waals surface area contributed by atoms with E-state index in [-0.39, 0.29) is 19.6 Å². The van der Waals surface area contributed by atoms with E-state index in [4.69, 9.17) is 9.47 Å². The molecule has 0 aliphatic heterocycles. The summed E-state index contributed by atoms with van der Waals surface area (Å²) in [4.78, 5) is 26.4. The summed E-state index contributed by atoms with van der Waals surface area (Å²) in [6.07, 6.45) is 1.42. The van der Waals surface area contributed by atoms with Crippen LogP contribution in [0, 0.1) is 12.3 Å². The van der Waals surface area contributed by atoms with Crippen molar-refractivity contribution in [3.8, 4) is 0 Å². The summed E-state index contributed by atoms with van der Waals surface area (Å²) in [7, 11) is -1.53. The van der Waals surface area contributed by atoms with Gasteiger partial charge in [-0.15, -0.1) is 0 Å². The van der Waals surface area contributed by atoms with E-state index >= 15 is 0 Å². The summed E-state index contributed by atoms with van der Waals surface area (Å²) < 4.78 is 23.2. The molecule has 154 valence electrons. The number of esters is 2. The summed E-state index contributed by atoms with van der Waals surface area (Å²) in [5, 5.41) is 1.36. The van der Waals surface area contributed by atoms with Crippen LogP contribution in [0.15, 0.2) is 71.0 Å². The van der Waals surface area contributed by atoms with Gasteiger partial charge in [-0.25, -0.2) is 4.21 Å². The maximum absolute atomic E-state index is 12.9. The Morgan fingerprint density at radius 3 is 2.00 bits per heavy atom. The predicted molar refractivity (Wildman–Crippen MR) is 113 cm³/mol. The zero-order valence-corrected chi connectivity index (χ0v) is 17.7. The predicted octanol–water partition coefficient (Wildman–Crippen LogP) is 3.97. The second-order valence-electron chi connectivity index (χ2n) is 6.49. The van der Waals surface area contributed by atoms with E-state index in [0.717, 1.165) is 11.1 Å². The molecule has 2 aromatic carbocycles. The van der Waals surface area contributed by atoms with Crippen molar-refractivity contribution in [2.75, 3.05) is 13.2 Å². The van der Waals surface area contributed by atoms with Gasteiger partial charge < -0.3 is 9.47 Å². The lowest BCUT2D eigenvalue weighted by Crippen LogP contribution is -2.42. The fourth-order valence-electron chi connectivity index (χ4n) is 2.79. The first kappa shape index (κ1) is 22.6. The van der Waals surface area contributed by atoms with E-state index in [0.29, 0.717) is 4.90 Å². The van der Waals surface area contributed by atoms with Crippen LogP contribution in [0.1, 0.15) is 25.0 Å². The van der Waals surface area contributed by atoms with Gasteiger partial charge in [0.15, 0.2) is 5.41 Å². The molecule has 0 spiro atoms. The minimum atomic E-state index is -1.71. The van der Waals surface area contributed by atoms with Crippen molar-refractivity contribution in [1.82, 2.24) is 0 Å². The number of ether oxygens (including phenoxy) is 2. The molecule has 0 aliphatic carbocycles. The minimum absolute atomic E-state index is 0.0487. The van der Waals surface area contributed by atoms with Gasteiger partial charge >= 0.3 is 11.9 Å². The zero-order valence-electron chi connectivity index (χ0n) is 16.9. The highest BCUT2D eigenvalue weighted by Gasteiger charge is 2.47. The average Bonchev–Trinajstić information content (AvgIpc) is 2.72. The van der Waals surface area contributed by atoms with Crippen molar-refractivity contribution in [1.29, 1.82) is 0 Å². The second kappa shape index (κ2) is 10.7. The van der Waals surface area contributed by atoms with Gasteiger partial charge in [-0.2, -0.15) is 0 Å². The number of hydrogen-bond acceptors (Lipinski definition) is 5. The second-order valence-corrected chi connectivity index (χ2v) is 7.83. The Hall–Kier alpha value is -2.73. The van der Waals surface area contributed by atoms with E-state index in [1.807, 2.05) is 49.4 Å². The van der Waals surface area contributed by atoms with Gasteiger partial charge in [-0.3, -0.25) is 9.59 Å². The van der Waals surface area contributed by atoms with Crippen LogP contribution in [-0.2, 0) is 36.3 Å². The Kier molecular flexibility index (Phi) is 8.34. The molecular weight excluding hydrogens is 388 g/mol. The maximum Gasteiger partial charge on any atom is 0.327 e. The minimum Gasteiger partial charge on any atom is -0.465 e. The first-order valence-electron chi connectivity index (χ1n) is 9.48. The fourth-order valence-corrected chi connectivity index (χ4v) is 3.71. The summed E-state index contributed by atoms with van der Waals surface area (Å²) in [6.45, 7) is 5.51. The van der Waals surface area contributed by atoms with E-state index in [2.05, 4.69) is 0 Å². The molecule has 0 fully saturated rings. The van der Waals surface area contributed by atoms with Crippen molar-refractivity contribution in [3.63, 3.8) is 0 Å². The van der Waals surface area contributed by atoms with Crippen molar-refractivity contribution >= 4 is 22.7 Å². The molecule has 5 nitrogen and oxygen atoms in total. The highest BCUT2D eigenvalue weighted by atomic mass is 32.2. The highest BCUT2D eigenvalue weighted by Crippen LogP contribution is 2.30. The molecule has 6 heteroatoms. The Morgan fingerprint density at radius 1 is 0.931 bits per heavy atom. The normalized spacial score (nSPS) is 12.5. The van der Waals surface area contributed by atoms with Crippen LogP contribution in [0.25, 0.3) is 0 Å². The first-order chi connectivity index (χ1) is 13.9. The van der Waals surface area contributed by atoms with Crippen LogP contribution < -0.4 is 0 Å². The molecule has 0 unspecified atom stereocenters. The fraction of sp³-hybridized carbons (Fsp3) is 0.304. The summed E-state index contributed by atoms with van der Waals surface area (Å²) in [6, 6.07) is 16.4. The molecule has 0 saturated carbocycles. The maximum atomic E-state index is 12.9. The number of carbonyl (C=O) groups is 2. The summed E-state index contributed by atoms with van der Waals surface area (Å²) in [5.41, 5.74) is 0.0962. The lowest BCUT2D eigenvalue weighted by atomic mass is 9.81. The van der Waals surface area contributed by atoms with E-state index < -0.39 is 28.2 Å². The molecule has 29 heavy (non-hydrogen) atoms. The molecule has 0 aromatic heterocycles. The van der Waals surface area contributed by atoms with Crippen molar-refractivity contribution in [2.24, 2.45) is 5.41 Å². The number of carbonyl (C=O) groups excluding carboxylic acids is 2. The van der Waals surface area contributed by atoms with Crippen LogP contribution in [0.5, 0.6) is 0 Å². The largest absolute Gasteiger partial charge is 0.465 e. The smallest absolute Gasteiger partial charge is 0.327 e. The van der Waals surface area contributed by atoms with Crippen molar-refractivity contribution < 1.29 is 23.3 Å². The molecule has 0 amide bonds. The van der Waals surface area contributed by atoms with Crippen LogP contribution in [0.3, 0.4) is 0 Å². The SMILES string of the molecule is CCOC(=O)C(/C=C/[S@@](=O)c1ccc(C)cc1)(Cc1ccccc1)C(=O)OCC. The first-order valence-corrected chi connectivity index (χ1v) is 10.7. The molecule has 2 rings (SSSR count). The van der Waals surface area contributed by atoms with Gasteiger partial charge in [0.25, 0.3) is 0 Å². The summed E-state index contributed by atoms with van der Waals surface area (Å²) in [5.74, 6) is -1.45. The molecule has 0 heterocycles. The Labute approximate surface area is 174 Å². The van der Waals surface area contributed by atoms with Crippen LogP contribution in [0.2, 0.25) is 0 Å². The number of aryl methyl sites for hydroxylation is 1. The molecule has 0 bridgehead atoms. The topological polar surface area (TPSA) is 69.7 Å². The number of benzene rings is 2. The molecule has 0 radical (unpaired) electrons. The van der Waals surface area contributed by atoms with Gasteiger partial charge in [0.05, 0.1) is 24.0 Å². The van der Waals surface area contributed by atoms with Crippen LogP contribution in [0.4, 0.5) is 0 Å². The van der Waals surface area contributed by atoms with Gasteiger partial charge in [0.1, 0.15) is 0 Å². The van der Waals surface area contributed by atoms with Gasteiger partial charge in [0.2, 0.25) is 0 Å². The standard InChI is InChI=1S/C23H26O5S/c1-4-27-21(24)23(22(25)28-5-2,17-19-9-7-6-8-10-19)15-16-29(26)20-13-11-18(3)12-14-20/h6-16H,4-5,17H2,1-3H3/b16-15+/t29-/m1/s1. The average molecular weight is 415 g/mol. The van der Waals surface area contributed by atoms with Crippen molar-refractivity contribution in [2.45, 2.75) is 32.1 Å². The third kappa shape index (κ3) is 5.87. The third-order valence-corrected chi connectivity index (χ3v) is 5.45. The zero-order chi connectivity index (χ0) is 21.3. The third-order valence-electron chi connectivity index (χ3n) is 4.33. The van der Waals surface area contributed by atoms with E-state index in [1.54, 1.807) is 26.0 Å². The molecule has 0 saturated heterocycles. The summed E-state index contributed by atoms with van der Waals surface area (Å²) >= 11 is 0. The van der Waals surface area contributed by atoms with Crippen LogP contribution in [-0.4, -0.2) is 29.4 Å². The van der Waals surface area contributed by atoms with E-state index in [9.17, 15) is 13.8 Å². The van der Waals surface area contributed by atoms with E-state index in [1.165, 1.54) is 11.5 Å². The molecular formula is C23H26O5S. The lowest BCUT2D eigenvalue weighted by molar-refractivity contribution is -0.167. The molecule has 0 aliphatic rings. The monoisotopic (exact) mass is 414 g/mol. The van der Waals surface area contributed by atoms with Gasteiger partial charge in [0, 0.05) is 16.7 Å². The molecule has 1 atom stereocenters. The quantitative estimate of drug-likeness (QED) is 0.459. The molecule has 2 aromatic rings. The Morgan fingerprint density at radius 2 is 1.48 bits per heavy atom. The highest BCUT2D eigenvalue weighted by molar-refractivity contribution is 7.88. The van der Waals surface area contributed by atoms with Crippen LogP contribution >= 0.6 is 0 Å². The number of rotatable bonds is 9. The Balaban J connectivity index is 2.47. The Bertz CT molecular complexity index is 854. The van der Waals surface area contributed by atoms with Crippen molar-refractivity contribution in [3.05, 3.63) is 77.2 Å². The van der Waals surface area contributed by atoms with Gasteiger partial charge in [-0.1, -0.05) is 48.0 Å². The molecule has 0 N–H and O–H groups in total. The lowest BCUT2D eigenvalue weighted by Gasteiger charge is -2.26. The number of hydrogen-bond donors (Lipinski definition) is 0.